The minimum atomic E-state index is 0.466. The summed E-state index contributed by atoms with van der Waals surface area (Å²) in [6.45, 7) is 4.48. The number of rotatable bonds is 3. The second-order valence-corrected chi connectivity index (χ2v) is 3.58. The Morgan fingerprint density at radius 2 is 2.00 bits per heavy atom. The SMILES string of the molecule is CCOC(=S)c1cc(N)cc(N)c1CC. The molecule has 0 atom stereocenters. The van der Waals surface area contributed by atoms with Crippen molar-refractivity contribution in [3.8, 4) is 0 Å². The number of nitrogen functional groups attached to an aromatic ring is 2. The molecular weight excluding hydrogens is 208 g/mol. The van der Waals surface area contributed by atoms with Crippen LogP contribution in [0.3, 0.4) is 0 Å². The topological polar surface area (TPSA) is 61.3 Å². The highest BCUT2D eigenvalue weighted by atomic mass is 32.1. The first-order valence-electron chi connectivity index (χ1n) is 4.95. The molecule has 1 aromatic rings. The van der Waals surface area contributed by atoms with Gasteiger partial charge in [0.25, 0.3) is 0 Å². The Balaban J connectivity index is 3.20. The molecule has 0 aromatic heterocycles. The van der Waals surface area contributed by atoms with Crippen molar-refractivity contribution in [1.29, 1.82) is 0 Å². The van der Waals surface area contributed by atoms with Gasteiger partial charge in [-0.1, -0.05) is 6.92 Å². The first-order valence-corrected chi connectivity index (χ1v) is 5.35. The lowest BCUT2D eigenvalue weighted by Crippen LogP contribution is -2.09. The third-order valence-electron chi connectivity index (χ3n) is 2.16. The smallest absolute Gasteiger partial charge is 0.191 e. The molecule has 0 heterocycles. The van der Waals surface area contributed by atoms with Crippen LogP contribution in [0.25, 0.3) is 0 Å². The standard InChI is InChI=1S/C11H16N2OS/c1-3-8-9(11(15)14-4-2)5-7(12)6-10(8)13/h5-6H,3-4,12-13H2,1-2H3. The average molecular weight is 224 g/mol. The Bertz CT molecular complexity index is 377. The van der Waals surface area contributed by atoms with Gasteiger partial charge in [0, 0.05) is 16.9 Å². The monoisotopic (exact) mass is 224 g/mol. The number of benzene rings is 1. The lowest BCUT2D eigenvalue weighted by atomic mass is 10.0. The van der Waals surface area contributed by atoms with E-state index < -0.39 is 0 Å². The molecule has 0 saturated carbocycles. The summed E-state index contributed by atoms with van der Waals surface area (Å²) in [4.78, 5) is 0. The van der Waals surface area contributed by atoms with E-state index in [0.717, 1.165) is 17.5 Å². The van der Waals surface area contributed by atoms with Crippen LogP contribution in [0.2, 0.25) is 0 Å². The third-order valence-corrected chi connectivity index (χ3v) is 2.49. The van der Waals surface area contributed by atoms with Gasteiger partial charge in [-0.3, -0.25) is 0 Å². The number of hydrogen-bond donors (Lipinski definition) is 2. The molecule has 4 N–H and O–H groups in total. The van der Waals surface area contributed by atoms with E-state index in [9.17, 15) is 0 Å². The van der Waals surface area contributed by atoms with Crippen molar-refractivity contribution in [2.45, 2.75) is 20.3 Å². The zero-order valence-corrected chi connectivity index (χ0v) is 9.86. The average Bonchev–Trinajstić information content (AvgIpc) is 2.17. The predicted octanol–water partition coefficient (Wildman–Crippen LogP) is 2.13. The Morgan fingerprint density at radius 1 is 1.33 bits per heavy atom. The maximum atomic E-state index is 5.87. The first kappa shape index (κ1) is 11.8. The van der Waals surface area contributed by atoms with Gasteiger partial charge < -0.3 is 16.2 Å². The highest BCUT2D eigenvalue weighted by Crippen LogP contribution is 2.23. The van der Waals surface area contributed by atoms with Gasteiger partial charge in [-0.25, -0.2) is 0 Å². The van der Waals surface area contributed by atoms with E-state index in [4.69, 9.17) is 28.4 Å². The second kappa shape index (κ2) is 4.98. The maximum Gasteiger partial charge on any atom is 0.191 e. The molecule has 0 aliphatic carbocycles. The highest BCUT2D eigenvalue weighted by molar-refractivity contribution is 7.80. The van der Waals surface area contributed by atoms with Crippen molar-refractivity contribution in [2.75, 3.05) is 18.1 Å². The minimum absolute atomic E-state index is 0.466. The number of hydrogen-bond acceptors (Lipinski definition) is 4. The molecule has 0 bridgehead atoms. The predicted molar refractivity (Wildman–Crippen MR) is 68.0 cm³/mol. The molecule has 0 amide bonds. The van der Waals surface area contributed by atoms with Gasteiger partial charge in [0.2, 0.25) is 0 Å². The largest absolute Gasteiger partial charge is 0.483 e. The molecule has 82 valence electrons. The van der Waals surface area contributed by atoms with Crippen LogP contribution in [0.4, 0.5) is 11.4 Å². The molecule has 0 spiro atoms. The van der Waals surface area contributed by atoms with Crippen molar-refractivity contribution in [3.63, 3.8) is 0 Å². The molecule has 0 aliphatic heterocycles. The molecule has 0 fully saturated rings. The fourth-order valence-electron chi connectivity index (χ4n) is 1.50. The molecule has 0 aliphatic rings. The van der Waals surface area contributed by atoms with Gasteiger partial charge in [0.15, 0.2) is 5.05 Å². The van der Waals surface area contributed by atoms with Crippen LogP contribution in [0.15, 0.2) is 12.1 Å². The van der Waals surface area contributed by atoms with Crippen molar-refractivity contribution >= 4 is 28.6 Å². The normalized spacial score (nSPS) is 10.0. The lowest BCUT2D eigenvalue weighted by Gasteiger charge is -2.13. The molecule has 1 aromatic carbocycles. The van der Waals surface area contributed by atoms with E-state index in [1.807, 2.05) is 19.9 Å². The number of anilines is 2. The van der Waals surface area contributed by atoms with E-state index in [1.165, 1.54) is 0 Å². The molecule has 0 unspecified atom stereocenters. The van der Waals surface area contributed by atoms with Crippen molar-refractivity contribution in [1.82, 2.24) is 0 Å². The van der Waals surface area contributed by atoms with Crippen molar-refractivity contribution < 1.29 is 4.74 Å². The van der Waals surface area contributed by atoms with Crippen LogP contribution in [0.1, 0.15) is 25.0 Å². The summed E-state index contributed by atoms with van der Waals surface area (Å²) in [5.41, 5.74) is 14.7. The molecular formula is C11H16N2OS. The third kappa shape index (κ3) is 2.59. The number of ether oxygens (including phenoxy) is 1. The molecule has 0 saturated heterocycles. The summed E-state index contributed by atoms with van der Waals surface area (Å²) >= 11 is 5.16. The molecule has 4 heteroatoms. The molecule has 3 nitrogen and oxygen atoms in total. The fraction of sp³-hybridized carbons (Fsp3) is 0.364. The van der Waals surface area contributed by atoms with Crippen LogP contribution >= 0.6 is 12.2 Å². The minimum Gasteiger partial charge on any atom is -0.483 e. The molecule has 1 rings (SSSR count). The van der Waals surface area contributed by atoms with E-state index in [0.29, 0.717) is 23.0 Å². The zero-order chi connectivity index (χ0) is 11.4. The second-order valence-electron chi connectivity index (χ2n) is 3.21. The first-order chi connectivity index (χ1) is 7.10. The Hall–Kier alpha value is -1.29. The quantitative estimate of drug-likeness (QED) is 0.610. The highest BCUT2D eigenvalue weighted by Gasteiger charge is 2.11. The van der Waals surface area contributed by atoms with Crippen molar-refractivity contribution in [3.05, 3.63) is 23.3 Å². The van der Waals surface area contributed by atoms with E-state index in [1.54, 1.807) is 6.07 Å². The zero-order valence-electron chi connectivity index (χ0n) is 9.04. The van der Waals surface area contributed by atoms with Gasteiger partial charge in [-0.15, -0.1) is 0 Å². The van der Waals surface area contributed by atoms with Gasteiger partial charge in [0.05, 0.1) is 6.61 Å². The summed E-state index contributed by atoms with van der Waals surface area (Å²) in [5.74, 6) is 0. The van der Waals surface area contributed by atoms with Gasteiger partial charge in [-0.05, 0) is 43.3 Å². The Morgan fingerprint density at radius 3 is 2.53 bits per heavy atom. The summed E-state index contributed by atoms with van der Waals surface area (Å²) in [6, 6.07) is 3.56. The van der Waals surface area contributed by atoms with Crippen molar-refractivity contribution in [2.24, 2.45) is 0 Å². The number of nitrogens with two attached hydrogens (primary N) is 2. The van der Waals surface area contributed by atoms with E-state index in [2.05, 4.69) is 0 Å². The van der Waals surface area contributed by atoms with Gasteiger partial charge in [0.1, 0.15) is 0 Å². The van der Waals surface area contributed by atoms with Gasteiger partial charge in [-0.2, -0.15) is 0 Å². The van der Waals surface area contributed by atoms with E-state index in [-0.39, 0.29) is 0 Å². The summed E-state index contributed by atoms with van der Waals surface area (Å²) in [7, 11) is 0. The summed E-state index contributed by atoms with van der Waals surface area (Å²) in [5, 5.41) is 0.466. The maximum absolute atomic E-state index is 5.87. The number of thiocarbonyl (C=S) groups is 1. The van der Waals surface area contributed by atoms with Gasteiger partial charge >= 0.3 is 0 Å². The lowest BCUT2D eigenvalue weighted by molar-refractivity contribution is 0.337. The van der Waals surface area contributed by atoms with Crippen LogP contribution in [-0.4, -0.2) is 11.7 Å². The Labute approximate surface area is 95.4 Å². The summed E-state index contributed by atoms with van der Waals surface area (Å²) < 4.78 is 5.30. The van der Waals surface area contributed by atoms with Crippen LogP contribution in [0.5, 0.6) is 0 Å². The fourth-order valence-corrected chi connectivity index (χ4v) is 1.80. The molecule has 0 radical (unpaired) electrons. The van der Waals surface area contributed by atoms with Crippen LogP contribution < -0.4 is 11.5 Å². The molecule has 15 heavy (non-hydrogen) atoms. The summed E-state index contributed by atoms with van der Waals surface area (Å²) in [6.07, 6.45) is 0.814. The van der Waals surface area contributed by atoms with Crippen LogP contribution in [-0.2, 0) is 11.2 Å². The Kier molecular flexibility index (Phi) is 3.91. The van der Waals surface area contributed by atoms with Crippen LogP contribution in [0, 0.1) is 0 Å². The van der Waals surface area contributed by atoms with E-state index >= 15 is 0 Å².